The fourth-order valence-electron chi connectivity index (χ4n) is 7.07. The Morgan fingerprint density at radius 3 is 2.00 bits per heavy atom. The second kappa shape index (κ2) is 24.1. The van der Waals surface area contributed by atoms with Gasteiger partial charge in [-0.25, -0.2) is 4.58 Å². The standard InChI is InChI=1S/C46H66N2O12S/c1-45(2,3)43-32-35(12-11-13-42-46(4,5)39-34-37(61(51,52)53)16-18-40(39)48(42)19-10-8-9-14-44(49)50)38-17-15-36(33-41(38)60-43)47(20-22-56-28-30-58-26-24-54-6)21-23-57-29-31-59-27-25-55-7/h11-13,15-18,32-34H,8-10,14,19-31H2,1-7H3,(H-,49,50,51,52,53)/p+1. The molecule has 15 heteroatoms. The van der Waals surface area contributed by atoms with E-state index in [0.717, 1.165) is 57.8 Å². The minimum Gasteiger partial charge on any atom is -0.481 e. The van der Waals surface area contributed by atoms with Crippen LogP contribution in [0.5, 0.6) is 0 Å². The average Bonchev–Trinajstić information content (AvgIpc) is 3.41. The topological polar surface area (TPSA) is 166 Å². The van der Waals surface area contributed by atoms with Crippen LogP contribution < -0.4 is 14.8 Å². The van der Waals surface area contributed by atoms with Crippen LogP contribution in [-0.2, 0) is 54.2 Å². The highest BCUT2D eigenvalue weighted by molar-refractivity contribution is 7.85. The van der Waals surface area contributed by atoms with Crippen LogP contribution in [0.15, 0.2) is 69.6 Å². The maximum Gasteiger partial charge on any atom is 0.303 e. The lowest BCUT2D eigenvalue weighted by Gasteiger charge is -2.27. The van der Waals surface area contributed by atoms with Gasteiger partial charge >= 0.3 is 5.97 Å². The van der Waals surface area contributed by atoms with Crippen LogP contribution >= 0.6 is 0 Å². The van der Waals surface area contributed by atoms with E-state index < -0.39 is 21.5 Å². The number of aliphatic carboxylic acids is 1. The Morgan fingerprint density at radius 1 is 0.820 bits per heavy atom. The van der Waals surface area contributed by atoms with E-state index in [1.807, 2.05) is 19.9 Å². The molecule has 0 unspecified atom stereocenters. The molecule has 0 bridgehead atoms. The van der Waals surface area contributed by atoms with Crippen molar-refractivity contribution < 1.29 is 55.7 Å². The summed E-state index contributed by atoms with van der Waals surface area (Å²) < 4.78 is 76.1. The lowest BCUT2D eigenvalue weighted by Crippen LogP contribution is -2.36. The van der Waals surface area contributed by atoms with Gasteiger partial charge in [0, 0.05) is 61.0 Å². The van der Waals surface area contributed by atoms with Crippen LogP contribution in [-0.4, -0.2) is 124 Å². The van der Waals surface area contributed by atoms with Gasteiger partial charge in [0.2, 0.25) is 5.36 Å². The van der Waals surface area contributed by atoms with Crippen molar-refractivity contribution >= 4 is 27.9 Å². The predicted octanol–water partition coefficient (Wildman–Crippen LogP) is 6.40. The second-order valence-electron chi connectivity index (χ2n) is 16.5. The number of nitrogens with zero attached hydrogens (tertiary/aromatic N) is 2. The third kappa shape index (κ3) is 15.1. The van der Waals surface area contributed by atoms with E-state index in [0.29, 0.717) is 92.1 Å². The summed E-state index contributed by atoms with van der Waals surface area (Å²) in [5.41, 5.74) is 3.60. The number of carboxylic acid groups (broad SMARTS) is 1. The van der Waals surface area contributed by atoms with Crippen LogP contribution in [0.25, 0.3) is 17.4 Å². The van der Waals surface area contributed by atoms with Crippen molar-refractivity contribution in [3.8, 4) is 11.3 Å². The summed E-state index contributed by atoms with van der Waals surface area (Å²) in [6.45, 7) is 17.3. The van der Waals surface area contributed by atoms with Crippen LogP contribution in [0, 0.1) is 0 Å². The lowest BCUT2D eigenvalue weighted by molar-refractivity contribution is -0.137. The van der Waals surface area contributed by atoms with Crippen LogP contribution in [0.4, 0.5) is 5.69 Å². The molecular formula is C46H67N2O12S+. The van der Waals surface area contributed by atoms with Crippen molar-refractivity contribution in [3.63, 3.8) is 0 Å². The molecule has 1 aliphatic carbocycles. The Hall–Kier alpha value is -3.93. The number of benzene rings is 2. The SMILES string of the molecule is COCCOCCOCC[N+](CCOCCOCCOC)=c1ccc2c(C=CC=C3N(CCCCCC(=O)O)c4ccc(S(=O)(=O)O)cc4C3(C)C)cc(C(C)(C)C)oc-2c1. The average molecular weight is 872 g/mol. The zero-order chi connectivity index (χ0) is 44.5. The number of fused-ring (bicyclic) bond motifs is 2. The van der Waals surface area contributed by atoms with Gasteiger partial charge in [0.25, 0.3) is 10.1 Å². The number of allylic oxidation sites excluding steroid dienone is 3. The first-order valence-electron chi connectivity index (χ1n) is 21.0. The first-order chi connectivity index (χ1) is 29.1. The minimum absolute atomic E-state index is 0.110. The molecule has 0 fully saturated rings. The third-order valence-corrected chi connectivity index (χ3v) is 11.3. The number of carboxylic acids is 1. The maximum atomic E-state index is 12.1. The quantitative estimate of drug-likeness (QED) is 0.0492. The number of carbonyl (C=O) groups is 1. The molecule has 2 heterocycles. The van der Waals surface area contributed by atoms with Gasteiger partial charge in [-0.05, 0) is 60.4 Å². The summed E-state index contributed by atoms with van der Waals surface area (Å²) in [5, 5.41) is 10.1. The first-order valence-corrected chi connectivity index (χ1v) is 22.5. The summed E-state index contributed by atoms with van der Waals surface area (Å²) >= 11 is 0. The number of anilines is 1. The van der Waals surface area contributed by atoms with Gasteiger partial charge in [-0.3, -0.25) is 9.35 Å². The number of ether oxygens (including phenoxy) is 6. The molecule has 1 aromatic carbocycles. The number of hydrogen-bond acceptors (Lipinski definition) is 11. The molecule has 0 amide bonds. The van der Waals surface area contributed by atoms with Gasteiger partial charge in [0.1, 0.15) is 24.7 Å². The highest BCUT2D eigenvalue weighted by Crippen LogP contribution is 2.48. The monoisotopic (exact) mass is 871 g/mol. The minimum atomic E-state index is -4.41. The van der Waals surface area contributed by atoms with E-state index in [-0.39, 0.29) is 16.7 Å². The lowest BCUT2D eigenvalue weighted by atomic mass is 9.83. The fraction of sp³-hybridized carbons (Fsp3) is 0.565. The Labute approximate surface area is 361 Å². The zero-order valence-corrected chi connectivity index (χ0v) is 37.9. The molecule has 2 aliphatic heterocycles. The summed E-state index contributed by atoms with van der Waals surface area (Å²) in [6, 6.07) is 13.0. The van der Waals surface area contributed by atoms with Crippen LogP contribution in [0.2, 0.25) is 0 Å². The van der Waals surface area contributed by atoms with Crippen molar-refractivity contribution in [2.75, 3.05) is 105 Å². The molecule has 0 aromatic heterocycles. The molecule has 0 radical (unpaired) electrons. The first kappa shape index (κ1) is 49.7. The molecular weight excluding hydrogens is 805 g/mol. The maximum absolute atomic E-state index is 12.1. The van der Waals surface area contributed by atoms with Gasteiger partial charge in [0.05, 0.1) is 63.8 Å². The molecule has 338 valence electrons. The molecule has 3 aliphatic rings. The van der Waals surface area contributed by atoms with E-state index in [1.54, 1.807) is 26.4 Å². The Bertz CT molecular complexity index is 2040. The molecule has 14 nitrogen and oxygen atoms in total. The number of hydrogen-bond donors (Lipinski definition) is 2. The Morgan fingerprint density at radius 2 is 1.43 bits per heavy atom. The summed E-state index contributed by atoms with van der Waals surface area (Å²) in [5.74, 6) is 0.734. The molecule has 0 saturated carbocycles. The van der Waals surface area contributed by atoms with E-state index in [4.69, 9.17) is 37.9 Å². The van der Waals surface area contributed by atoms with Crippen molar-refractivity contribution in [1.29, 1.82) is 0 Å². The number of methoxy groups -OCH3 is 2. The second-order valence-corrected chi connectivity index (χ2v) is 17.9. The highest BCUT2D eigenvalue weighted by Gasteiger charge is 2.40. The van der Waals surface area contributed by atoms with E-state index in [9.17, 15) is 17.8 Å². The van der Waals surface area contributed by atoms with Crippen molar-refractivity contribution in [2.24, 2.45) is 0 Å². The predicted molar refractivity (Wildman–Crippen MR) is 236 cm³/mol. The summed E-state index contributed by atoms with van der Waals surface area (Å²) in [6.07, 6.45) is 8.29. The molecule has 1 aromatic rings. The third-order valence-electron chi connectivity index (χ3n) is 10.5. The van der Waals surface area contributed by atoms with Crippen LogP contribution in [0.3, 0.4) is 0 Å². The molecule has 2 N–H and O–H groups in total. The molecule has 0 atom stereocenters. The summed E-state index contributed by atoms with van der Waals surface area (Å²) in [7, 11) is -1.12. The number of unbranched alkanes of at least 4 members (excludes halogenated alkanes) is 2. The molecule has 0 spiro atoms. The van der Waals surface area contributed by atoms with Gasteiger partial charge in [-0.1, -0.05) is 53.2 Å². The molecule has 61 heavy (non-hydrogen) atoms. The van der Waals surface area contributed by atoms with Gasteiger partial charge in [-0.15, -0.1) is 0 Å². The van der Waals surface area contributed by atoms with Crippen LogP contribution in [0.1, 0.15) is 77.2 Å². The zero-order valence-electron chi connectivity index (χ0n) is 37.1. The highest BCUT2D eigenvalue weighted by atomic mass is 32.2. The van der Waals surface area contributed by atoms with Crippen molar-refractivity contribution in [3.05, 3.63) is 82.6 Å². The van der Waals surface area contributed by atoms with E-state index >= 15 is 0 Å². The van der Waals surface area contributed by atoms with Gasteiger partial charge in [0.15, 0.2) is 13.1 Å². The van der Waals surface area contributed by atoms with Crippen molar-refractivity contribution in [2.45, 2.75) is 76.0 Å². The molecule has 4 rings (SSSR count). The van der Waals surface area contributed by atoms with Gasteiger partial charge < -0.3 is 42.8 Å². The molecule has 0 saturated heterocycles. The normalized spacial score (nSPS) is 14.8. The smallest absolute Gasteiger partial charge is 0.303 e. The van der Waals surface area contributed by atoms with Crippen molar-refractivity contribution in [1.82, 2.24) is 4.58 Å². The summed E-state index contributed by atoms with van der Waals surface area (Å²) in [4.78, 5) is 13.1. The number of rotatable bonds is 27. The largest absolute Gasteiger partial charge is 0.481 e. The van der Waals surface area contributed by atoms with E-state index in [2.05, 4.69) is 66.7 Å². The van der Waals surface area contributed by atoms with E-state index in [1.165, 1.54) is 6.07 Å². The Kier molecular flexibility index (Phi) is 19.6. The fourth-order valence-corrected chi connectivity index (χ4v) is 7.58. The Balaban J connectivity index is 1.68. The van der Waals surface area contributed by atoms with Gasteiger partial charge in [-0.2, -0.15) is 8.42 Å².